The Morgan fingerprint density at radius 1 is 1.18 bits per heavy atom. The number of para-hydroxylation sites is 2. The first-order valence-corrected chi connectivity index (χ1v) is 12.4. The van der Waals surface area contributed by atoms with Crippen LogP contribution < -0.4 is 15.0 Å². The molecule has 1 saturated heterocycles. The van der Waals surface area contributed by atoms with Gasteiger partial charge in [0, 0.05) is 13.1 Å². The van der Waals surface area contributed by atoms with E-state index < -0.39 is 12.1 Å². The van der Waals surface area contributed by atoms with Crippen molar-refractivity contribution >= 4 is 17.0 Å². The Bertz CT molecular complexity index is 1320. The number of benzene rings is 1. The molecule has 2 atom stereocenters. The van der Waals surface area contributed by atoms with Gasteiger partial charge in [0.05, 0.1) is 25.4 Å². The summed E-state index contributed by atoms with van der Waals surface area (Å²) in [6, 6.07) is 8.05. The number of carbonyl (C=O) groups is 1. The molecule has 5 rings (SSSR count). The van der Waals surface area contributed by atoms with Crippen LogP contribution in [0, 0.1) is 0 Å². The molecule has 10 nitrogen and oxygen atoms in total. The van der Waals surface area contributed by atoms with E-state index in [0.717, 1.165) is 43.9 Å². The highest BCUT2D eigenvalue weighted by atomic mass is 19.4. The second-order valence-electron chi connectivity index (χ2n) is 9.37. The summed E-state index contributed by atoms with van der Waals surface area (Å²) in [6.07, 6.45) is 2.17. The number of methoxy groups -OCH3 is 1. The zero-order valence-corrected chi connectivity index (χ0v) is 21.1. The normalized spacial score (nSPS) is 19.2. The number of carboxylic acid groups (broad SMARTS) is 1. The van der Waals surface area contributed by atoms with E-state index in [4.69, 9.17) is 24.4 Å². The number of hydrogen-bond donors (Lipinski definition) is 2. The fourth-order valence-electron chi connectivity index (χ4n) is 4.84. The number of halogens is 3. The summed E-state index contributed by atoms with van der Waals surface area (Å²) < 4.78 is 45.3. The van der Waals surface area contributed by atoms with Gasteiger partial charge in [-0.25, -0.2) is 14.5 Å². The van der Waals surface area contributed by atoms with Gasteiger partial charge in [-0.1, -0.05) is 25.0 Å². The fraction of sp³-hybridized carbons (Fsp3) is 0.520. The van der Waals surface area contributed by atoms with Crippen molar-refractivity contribution in [3.05, 3.63) is 46.6 Å². The van der Waals surface area contributed by atoms with E-state index in [9.17, 15) is 18.0 Å². The highest BCUT2D eigenvalue weighted by molar-refractivity contribution is 5.73. The Morgan fingerprint density at radius 3 is 2.47 bits per heavy atom. The molecule has 3 heterocycles. The van der Waals surface area contributed by atoms with E-state index in [2.05, 4.69) is 21.9 Å². The molecular weight excluding hydrogens is 507 g/mol. The van der Waals surface area contributed by atoms with E-state index in [1.165, 1.54) is 12.8 Å². The largest absolute Gasteiger partial charge is 0.493 e. The minimum atomic E-state index is -5.08. The van der Waals surface area contributed by atoms with Crippen LogP contribution in [-0.4, -0.2) is 68.2 Å². The summed E-state index contributed by atoms with van der Waals surface area (Å²) in [5.41, 5.74) is 0.593. The predicted octanol–water partition coefficient (Wildman–Crippen LogP) is 4.09. The zero-order valence-electron chi connectivity index (χ0n) is 21.1. The molecule has 0 amide bonds. The van der Waals surface area contributed by atoms with Gasteiger partial charge in [-0.15, -0.1) is 0 Å². The first-order chi connectivity index (χ1) is 18.1. The lowest BCUT2D eigenvalue weighted by atomic mass is 10.2. The van der Waals surface area contributed by atoms with Crippen molar-refractivity contribution in [3.63, 3.8) is 0 Å². The van der Waals surface area contributed by atoms with Gasteiger partial charge in [0.1, 0.15) is 17.3 Å². The molecule has 2 N–H and O–H groups in total. The number of H-pyrrole nitrogens is 1. The third-order valence-corrected chi connectivity index (χ3v) is 6.88. The molecule has 2 unspecified atom stereocenters. The van der Waals surface area contributed by atoms with Crippen molar-refractivity contribution in [2.75, 3.05) is 20.2 Å². The summed E-state index contributed by atoms with van der Waals surface area (Å²) in [7, 11) is 1.65. The summed E-state index contributed by atoms with van der Waals surface area (Å²) in [5.74, 6) is -0.564. The summed E-state index contributed by atoms with van der Waals surface area (Å²) in [4.78, 5) is 31.8. The van der Waals surface area contributed by atoms with Crippen LogP contribution in [0.4, 0.5) is 13.2 Å². The Balaban J connectivity index is 0.000000426. The van der Waals surface area contributed by atoms with Crippen molar-refractivity contribution in [3.8, 4) is 11.5 Å². The third-order valence-electron chi connectivity index (χ3n) is 6.88. The number of aromatic nitrogens is 4. The molecule has 13 heteroatoms. The van der Waals surface area contributed by atoms with Gasteiger partial charge in [0.25, 0.3) is 5.56 Å². The minimum Gasteiger partial charge on any atom is -0.493 e. The maximum atomic E-state index is 12.7. The average molecular weight is 538 g/mol. The van der Waals surface area contributed by atoms with Gasteiger partial charge < -0.3 is 19.6 Å². The molecule has 1 aliphatic heterocycles. The van der Waals surface area contributed by atoms with Crippen molar-refractivity contribution in [1.29, 1.82) is 0 Å². The molecule has 0 radical (unpaired) electrons. The Labute approximate surface area is 216 Å². The highest BCUT2D eigenvalue weighted by Crippen LogP contribution is 2.32. The maximum Gasteiger partial charge on any atom is 0.490 e. The molecule has 38 heavy (non-hydrogen) atoms. The Hall–Kier alpha value is -3.61. The maximum absolute atomic E-state index is 12.7. The predicted molar refractivity (Wildman–Crippen MR) is 131 cm³/mol. The van der Waals surface area contributed by atoms with Crippen molar-refractivity contribution in [1.82, 2.24) is 24.6 Å². The van der Waals surface area contributed by atoms with E-state index in [1.54, 1.807) is 13.3 Å². The number of carboxylic acids is 1. The number of nitrogens with one attached hydrogen (secondary N) is 1. The molecule has 3 aromatic rings. The van der Waals surface area contributed by atoms with Gasteiger partial charge in [-0.3, -0.25) is 9.69 Å². The van der Waals surface area contributed by atoms with Gasteiger partial charge in [-0.05, 0) is 38.3 Å². The Morgan fingerprint density at radius 2 is 1.84 bits per heavy atom. The standard InChI is InChI=1S/C23H29N5O3.C2HF3O2/c1-15(27-12-11-17(14-27)31-20-10-6-5-9-19(20)30-2)21-25-22-18(23(29)26-21)13-24-28(22)16-7-3-4-8-16;3-2(4,5)1(6)7/h5-6,9-10,13,15-17H,3-4,7-8,11-12,14H2,1-2H3,(H,25,26,29);(H,6,7). The quantitative estimate of drug-likeness (QED) is 0.482. The van der Waals surface area contributed by atoms with Crippen LogP contribution in [0.2, 0.25) is 0 Å². The number of nitrogens with zero attached hydrogens (tertiary/aromatic N) is 4. The molecule has 1 saturated carbocycles. The monoisotopic (exact) mass is 537 g/mol. The lowest BCUT2D eigenvalue weighted by Gasteiger charge is -2.24. The van der Waals surface area contributed by atoms with Gasteiger partial charge in [0.2, 0.25) is 0 Å². The summed E-state index contributed by atoms with van der Waals surface area (Å²) >= 11 is 0. The first-order valence-electron chi connectivity index (χ1n) is 12.4. The zero-order chi connectivity index (χ0) is 27.4. The molecule has 0 spiro atoms. The lowest BCUT2D eigenvalue weighted by Crippen LogP contribution is -2.30. The SMILES string of the molecule is COc1ccccc1OC1CCN(C(C)c2nc3c(cnn3C3CCCC3)c(=O)[nH]2)C1.O=C(O)C(F)(F)F. The van der Waals surface area contributed by atoms with Gasteiger partial charge >= 0.3 is 12.1 Å². The average Bonchev–Trinajstić information content (AvgIpc) is 3.64. The van der Waals surface area contributed by atoms with E-state index in [0.29, 0.717) is 22.9 Å². The van der Waals surface area contributed by atoms with Crippen molar-refractivity contribution in [2.45, 2.75) is 63.4 Å². The van der Waals surface area contributed by atoms with Gasteiger partial charge in [-0.2, -0.15) is 18.3 Å². The molecular formula is C25H30F3N5O5. The lowest BCUT2D eigenvalue weighted by molar-refractivity contribution is -0.192. The second-order valence-corrected chi connectivity index (χ2v) is 9.37. The van der Waals surface area contributed by atoms with Crippen LogP contribution in [-0.2, 0) is 4.79 Å². The van der Waals surface area contributed by atoms with Crippen LogP contribution >= 0.6 is 0 Å². The van der Waals surface area contributed by atoms with Crippen LogP contribution in [0.5, 0.6) is 11.5 Å². The topological polar surface area (TPSA) is 123 Å². The van der Waals surface area contributed by atoms with Gasteiger partial charge in [0.15, 0.2) is 17.1 Å². The van der Waals surface area contributed by atoms with Crippen molar-refractivity contribution < 1.29 is 32.5 Å². The first kappa shape index (κ1) is 27.4. The van der Waals surface area contributed by atoms with Crippen molar-refractivity contribution in [2.24, 2.45) is 0 Å². The number of fused-ring (bicyclic) bond motifs is 1. The Kier molecular flexibility index (Phi) is 8.24. The molecule has 2 aliphatic rings. The number of aromatic amines is 1. The molecule has 1 aromatic carbocycles. The molecule has 2 aromatic heterocycles. The molecule has 206 valence electrons. The summed E-state index contributed by atoms with van der Waals surface area (Å²) in [5, 5.41) is 12.2. The van der Waals surface area contributed by atoms with E-state index in [-0.39, 0.29) is 17.7 Å². The highest BCUT2D eigenvalue weighted by Gasteiger charge is 2.38. The summed E-state index contributed by atoms with van der Waals surface area (Å²) in [6.45, 7) is 3.74. The minimum absolute atomic E-state index is 0.0182. The number of ether oxygens (including phenoxy) is 2. The molecule has 1 aliphatic carbocycles. The van der Waals surface area contributed by atoms with Crippen LogP contribution in [0.15, 0.2) is 35.3 Å². The van der Waals surface area contributed by atoms with E-state index >= 15 is 0 Å². The second kappa shape index (κ2) is 11.4. The van der Waals surface area contributed by atoms with Crippen LogP contribution in [0.1, 0.15) is 56.9 Å². The van der Waals surface area contributed by atoms with Crippen LogP contribution in [0.3, 0.4) is 0 Å². The molecule has 2 fully saturated rings. The molecule has 0 bridgehead atoms. The number of rotatable bonds is 6. The third kappa shape index (κ3) is 6.09. The number of likely N-dealkylation sites (tertiary alicyclic amines) is 1. The number of hydrogen-bond acceptors (Lipinski definition) is 7. The number of aliphatic carboxylic acids is 1. The smallest absolute Gasteiger partial charge is 0.490 e. The van der Waals surface area contributed by atoms with E-state index in [1.807, 2.05) is 28.9 Å². The van der Waals surface area contributed by atoms with Crippen LogP contribution in [0.25, 0.3) is 11.0 Å². The number of alkyl halides is 3. The fourth-order valence-corrected chi connectivity index (χ4v) is 4.84.